The molecule has 1 saturated heterocycles. The Morgan fingerprint density at radius 1 is 1.21 bits per heavy atom. The second-order valence-corrected chi connectivity index (χ2v) is 8.50. The van der Waals surface area contributed by atoms with Crippen LogP contribution in [0.4, 0.5) is 0 Å². The molecule has 1 unspecified atom stereocenters. The Morgan fingerprint density at radius 2 is 1.96 bits per heavy atom. The van der Waals surface area contributed by atoms with E-state index in [0.29, 0.717) is 23.7 Å². The van der Waals surface area contributed by atoms with E-state index in [4.69, 9.17) is 8.94 Å². The van der Waals surface area contributed by atoms with Crippen molar-refractivity contribution in [3.05, 3.63) is 47.2 Å². The molecule has 3 aromatic rings. The maximum atomic E-state index is 13.1. The van der Waals surface area contributed by atoms with Crippen LogP contribution in [0.25, 0.3) is 11.5 Å². The second-order valence-electron chi connectivity index (χ2n) is 6.66. The van der Waals surface area contributed by atoms with E-state index in [-0.39, 0.29) is 30.6 Å². The Kier molecular flexibility index (Phi) is 4.49. The van der Waals surface area contributed by atoms with Crippen molar-refractivity contribution in [1.29, 1.82) is 5.26 Å². The van der Waals surface area contributed by atoms with Gasteiger partial charge in [-0.1, -0.05) is 22.9 Å². The summed E-state index contributed by atoms with van der Waals surface area (Å²) in [6.45, 7) is 4.08. The lowest BCUT2D eigenvalue weighted by atomic mass is 10.1. The van der Waals surface area contributed by atoms with Gasteiger partial charge in [-0.15, -0.1) is 0 Å². The first kappa shape index (κ1) is 18.3. The van der Waals surface area contributed by atoms with E-state index in [0.717, 1.165) is 5.56 Å². The molecule has 28 heavy (non-hydrogen) atoms. The number of nitrogens with zero attached hydrogens (tertiary/aromatic N) is 5. The Morgan fingerprint density at radius 3 is 2.61 bits per heavy atom. The molecule has 3 heterocycles. The van der Waals surface area contributed by atoms with Gasteiger partial charge >= 0.3 is 0 Å². The fourth-order valence-electron chi connectivity index (χ4n) is 3.12. The van der Waals surface area contributed by atoms with Crippen molar-refractivity contribution >= 4 is 10.0 Å². The highest BCUT2D eigenvalue weighted by Gasteiger charge is 2.39. The van der Waals surface area contributed by atoms with Gasteiger partial charge in [0.25, 0.3) is 15.1 Å². The fraction of sp³-hybridized carbons (Fsp3) is 0.333. The largest absolute Gasteiger partial charge is 0.422 e. The first-order chi connectivity index (χ1) is 13.4. The molecule has 0 bridgehead atoms. The number of sulfonamides is 1. The van der Waals surface area contributed by atoms with Gasteiger partial charge in [0.2, 0.25) is 11.8 Å². The summed E-state index contributed by atoms with van der Waals surface area (Å²) in [5.41, 5.74) is 1.39. The molecule has 0 aliphatic carbocycles. The van der Waals surface area contributed by atoms with Crippen LogP contribution in [-0.4, -0.2) is 40.9 Å². The fourth-order valence-corrected chi connectivity index (χ4v) is 4.59. The van der Waals surface area contributed by atoms with Gasteiger partial charge in [0, 0.05) is 18.7 Å². The van der Waals surface area contributed by atoms with E-state index < -0.39 is 15.1 Å². The van der Waals surface area contributed by atoms with Gasteiger partial charge in [0.1, 0.15) is 6.07 Å². The maximum Gasteiger partial charge on any atom is 0.279 e. The lowest BCUT2D eigenvalue weighted by Gasteiger charge is -2.13. The minimum Gasteiger partial charge on any atom is -0.422 e. The number of benzene rings is 1. The Labute approximate surface area is 161 Å². The van der Waals surface area contributed by atoms with Crippen molar-refractivity contribution in [3.8, 4) is 17.5 Å². The zero-order valence-electron chi connectivity index (χ0n) is 15.3. The van der Waals surface area contributed by atoms with Crippen molar-refractivity contribution in [2.24, 2.45) is 0 Å². The van der Waals surface area contributed by atoms with Gasteiger partial charge in [0.05, 0.1) is 5.92 Å². The van der Waals surface area contributed by atoms with Crippen molar-refractivity contribution in [3.63, 3.8) is 0 Å². The van der Waals surface area contributed by atoms with Gasteiger partial charge in [-0.05, 0) is 32.4 Å². The number of oxazole rings is 1. The topological polar surface area (TPSA) is 126 Å². The Hall–Kier alpha value is -3.03. The number of aryl methyl sites for hydroxylation is 2. The summed E-state index contributed by atoms with van der Waals surface area (Å²) in [6, 6.07) is 9.07. The number of nitriles is 1. The molecule has 1 aliphatic heterocycles. The third kappa shape index (κ3) is 3.19. The maximum absolute atomic E-state index is 13.1. The van der Waals surface area contributed by atoms with Crippen LogP contribution in [0.1, 0.15) is 35.3 Å². The molecular formula is C18H17N5O4S. The summed E-state index contributed by atoms with van der Waals surface area (Å²) >= 11 is 0. The highest BCUT2D eigenvalue weighted by atomic mass is 32.2. The van der Waals surface area contributed by atoms with E-state index in [1.54, 1.807) is 19.1 Å². The Balaban J connectivity index is 1.64. The summed E-state index contributed by atoms with van der Waals surface area (Å²) in [4.78, 5) is 8.25. The quantitative estimate of drug-likeness (QED) is 0.654. The molecule has 0 amide bonds. The third-order valence-electron chi connectivity index (χ3n) is 4.62. The van der Waals surface area contributed by atoms with Crippen LogP contribution in [0.5, 0.6) is 0 Å². The van der Waals surface area contributed by atoms with Crippen molar-refractivity contribution in [2.75, 3.05) is 13.1 Å². The molecule has 1 aliphatic rings. The van der Waals surface area contributed by atoms with Crippen LogP contribution < -0.4 is 0 Å². The molecule has 10 heteroatoms. The highest BCUT2D eigenvalue weighted by Crippen LogP contribution is 2.33. The van der Waals surface area contributed by atoms with Gasteiger partial charge in [0.15, 0.2) is 11.5 Å². The molecular weight excluding hydrogens is 382 g/mol. The smallest absolute Gasteiger partial charge is 0.279 e. The summed E-state index contributed by atoms with van der Waals surface area (Å²) in [6.07, 6.45) is 0.543. The molecule has 4 rings (SSSR count). The van der Waals surface area contributed by atoms with Crippen molar-refractivity contribution in [1.82, 2.24) is 19.4 Å². The van der Waals surface area contributed by atoms with E-state index in [9.17, 15) is 13.7 Å². The standard InChI is InChI=1S/C18H17N5O4S/c1-11-3-5-13(6-4-11)16-21-15(9-19)18(26-16)28(24,25)23-8-7-14(10-23)17-20-12(2)22-27-17/h3-6,14H,7-8,10H2,1-2H3. The van der Waals surface area contributed by atoms with Gasteiger partial charge in [-0.25, -0.2) is 8.42 Å². The van der Waals surface area contributed by atoms with Crippen LogP contribution in [0.3, 0.4) is 0 Å². The minimum atomic E-state index is -4.02. The zero-order chi connectivity index (χ0) is 19.9. The van der Waals surface area contributed by atoms with Crippen LogP contribution in [0.15, 0.2) is 38.3 Å². The first-order valence-electron chi connectivity index (χ1n) is 8.67. The normalized spacial score (nSPS) is 17.7. The molecule has 2 aromatic heterocycles. The Bertz CT molecular complexity index is 1160. The minimum absolute atomic E-state index is 0.0957. The van der Waals surface area contributed by atoms with Crippen LogP contribution in [-0.2, 0) is 10.0 Å². The molecule has 144 valence electrons. The molecule has 1 aromatic carbocycles. The summed E-state index contributed by atoms with van der Waals surface area (Å²) in [5, 5.41) is 12.7. The van der Waals surface area contributed by atoms with Crippen LogP contribution in [0.2, 0.25) is 0 Å². The molecule has 9 nitrogen and oxygen atoms in total. The predicted molar refractivity (Wildman–Crippen MR) is 96.5 cm³/mol. The van der Waals surface area contributed by atoms with E-state index in [1.807, 2.05) is 25.1 Å². The number of rotatable bonds is 4. The highest BCUT2D eigenvalue weighted by molar-refractivity contribution is 7.89. The molecule has 1 atom stereocenters. The van der Waals surface area contributed by atoms with E-state index >= 15 is 0 Å². The SMILES string of the molecule is Cc1ccc(-c2nc(C#N)c(S(=O)(=O)N3CCC(c4nc(C)no4)C3)o2)cc1. The summed E-state index contributed by atoms with van der Waals surface area (Å²) in [7, 11) is -4.02. The van der Waals surface area contributed by atoms with E-state index in [2.05, 4.69) is 15.1 Å². The van der Waals surface area contributed by atoms with Gasteiger partial charge in [-0.3, -0.25) is 0 Å². The van der Waals surface area contributed by atoms with Gasteiger partial charge < -0.3 is 8.94 Å². The van der Waals surface area contributed by atoms with Gasteiger partial charge in [-0.2, -0.15) is 19.5 Å². The predicted octanol–water partition coefficient (Wildman–Crippen LogP) is 2.39. The zero-order valence-corrected chi connectivity index (χ0v) is 16.1. The monoisotopic (exact) mass is 399 g/mol. The third-order valence-corrected chi connectivity index (χ3v) is 6.37. The molecule has 1 fully saturated rings. The van der Waals surface area contributed by atoms with E-state index in [1.165, 1.54) is 4.31 Å². The van der Waals surface area contributed by atoms with Crippen LogP contribution in [0, 0.1) is 25.2 Å². The molecule has 0 spiro atoms. The molecule has 0 saturated carbocycles. The number of aromatic nitrogens is 3. The van der Waals surface area contributed by atoms with Crippen LogP contribution >= 0.6 is 0 Å². The summed E-state index contributed by atoms with van der Waals surface area (Å²) in [5.74, 6) is 0.814. The lowest BCUT2D eigenvalue weighted by Crippen LogP contribution is -2.29. The molecule has 0 radical (unpaired) electrons. The average molecular weight is 399 g/mol. The number of hydrogen-bond acceptors (Lipinski definition) is 8. The second kappa shape index (κ2) is 6.85. The number of hydrogen-bond donors (Lipinski definition) is 0. The van der Waals surface area contributed by atoms with Crippen molar-refractivity contribution < 1.29 is 17.4 Å². The first-order valence-corrected chi connectivity index (χ1v) is 10.1. The molecule has 0 N–H and O–H groups in total. The van der Waals surface area contributed by atoms with Crippen molar-refractivity contribution in [2.45, 2.75) is 31.3 Å². The average Bonchev–Trinajstić information content (AvgIpc) is 3.41. The lowest BCUT2D eigenvalue weighted by molar-refractivity contribution is 0.350. The summed E-state index contributed by atoms with van der Waals surface area (Å²) < 4.78 is 38.1.